The third kappa shape index (κ3) is 3.69. The molecule has 0 unspecified atom stereocenters. The maximum atomic E-state index is 11.2. The number of nitrogens with one attached hydrogen (secondary N) is 1. The maximum absolute atomic E-state index is 11.2. The van der Waals surface area contributed by atoms with Crippen molar-refractivity contribution in [1.82, 2.24) is 4.98 Å². The Morgan fingerprint density at radius 1 is 1.13 bits per heavy atom. The van der Waals surface area contributed by atoms with Gasteiger partial charge in [-0.3, -0.25) is 0 Å². The largest absolute Gasteiger partial charge is 0.466 e. The summed E-state index contributed by atoms with van der Waals surface area (Å²) in [6.07, 6.45) is 7.28. The van der Waals surface area contributed by atoms with Crippen molar-refractivity contribution >= 4 is 22.9 Å². The molecule has 0 aliphatic carbocycles. The van der Waals surface area contributed by atoms with Crippen LogP contribution in [0.5, 0.6) is 0 Å². The number of carbonyl (C=O) groups is 1. The Morgan fingerprint density at radius 2 is 1.96 bits per heavy atom. The lowest BCUT2D eigenvalue weighted by Gasteiger charge is -2.02. The second kappa shape index (κ2) is 6.97. The first-order valence-electron chi connectivity index (χ1n) is 7.66. The number of H-pyrrole nitrogens is 1. The van der Waals surface area contributed by atoms with Gasteiger partial charge in [0.2, 0.25) is 0 Å². The number of hydrogen-bond donors (Lipinski definition) is 1. The van der Waals surface area contributed by atoms with E-state index in [2.05, 4.69) is 46.2 Å². The average molecular weight is 305 g/mol. The molecule has 0 atom stereocenters. The summed E-state index contributed by atoms with van der Waals surface area (Å²) < 4.78 is 4.62. The lowest BCUT2D eigenvalue weighted by atomic mass is 10.0. The molecule has 0 fully saturated rings. The number of esters is 1. The Hall–Kier alpha value is -2.81. The number of fused-ring (bicyclic) bond motifs is 1. The van der Waals surface area contributed by atoms with Crippen LogP contribution in [0.4, 0.5) is 0 Å². The zero-order valence-corrected chi connectivity index (χ0v) is 13.1. The van der Waals surface area contributed by atoms with E-state index in [4.69, 9.17) is 0 Å². The first kappa shape index (κ1) is 15.1. The van der Waals surface area contributed by atoms with E-state index in [0.717, 1.165) is 23.9 Å². The second-order valence-electron chi connectivity index (χ2n) is 5.46. The van der Waals surface area contributed by atoms with Crippen molar-refractivity contribution in [1.29, 1.82) is 0 Å². The van der Waals surface area contributed by atoms with Crippen molar-refractivity contribution < 1.29 is 9.53 Å². The van der Waals surface area contributed by atoms with E-state index in [9.17, 15) is 4.79 Å². The van der Waals surface area contributed by atoms with Crippen LogP contribution in [-0.4, -0.2) is 18.1 Å². The molecule has 0 spiro atoms. The lowest BCUT2D eigenvalue weighted by molar-refractivity contribution is -0.134. The zero-order chi connectivity index (χ0) is 16.1. The third-order valence-corrected chi connectivity index (χ3v) is 3.93. The van der Waals surface area contributed by atoms with Gasteiger partial charge in [-0.1, -0.05) is 36.4 Å². The van der Waals surface area contributed by atoms with E-state index in [1.54, 1.807) is 6.08 Å². The molecule has 0 saturated heterocycles. The highest BCUT2D eigenvalue weighted by Gasteiger charge is 2.05. The Balaban J connectivity index is 1.81. The monoisotopic (exact) mass is 305 g/mol. The summed E-state index contributed by atoms with van der Waals surface area (Å²) in [4.78, 5) is 14.5. The highest BCUT2D eigenvalue weighted by molar-refractivity contribution is 5.89. The molecule has 2 aromatic carbocycles. The van der Waals surface area contributed by atoms with Crippen molar-refractivity contribution in [2.75, 3.05) is 7.11 Å². The molecule has 3 nitrogen and oxygen atoms in total. The zero-order valence-electron chi connectivity index (χ0n) is 13.1. The number of carbonyl (C=O) groups excluding carboxylic acids is 1. The smallest absolute Gasteiger partial charge is 0.330 e. The predicted molar refractivity (Wildman–Crippen MR) is 93.2 cm³/mol. The van der Waals surface area contributed by atoms with Gasteiger partial charge >= 0.3 is 5.97 Å². The van der Waals surface area contributed by atoms with E-state index in [0.29, 0.717) is 0 Å². The Kier molecular flexibility index (Phi) is 4.57. The molecule has 3 aromatic rings. The van der Waals surface area contributed by atoms with Crippen LogP contribution in [0.3, 0.4) is 0 Å². The summed E-state index contributed by atoms with van der Waals surface area (Å²) in [5.74, 6) is -0.344. The minimum atomic E-state index is -0.344. The fourth-order valence-electron chi connectivity index (χ4n) is 2.66. The molecule has 3 rings (SSSR count). The molecular formula is C20H19NO2. The molecule has 0 aliphatic heterocycles. The Labute approximate surface area is 135 Å². The van der Waals surface area contributed by atoms with Gasteiger partial charge in [0, 0.05) is 23.2 Å². The van der Waals surface area contributed by atoms with Gasteiger partial charge in [0.05, 0.1) is 7.11 Å². The second-order valence-corrected chi connectivity index (χ2v) is 5.46. The van der Waals surface area contributed by atoms with Gasteiger partial charge < -0.3 is 9.72 Å². The highest BCUT2D eigenvalue weighted by atomic mass is 16.5. The summed E-state index contributed by atoms with van der Waals surface area (Å²) in [5.41, 5.74) is 4.73. The van der Waals surface area contributed by atoms with E-state index in [-0.39, 0.29) is 5.97 Å². The number of rotatable bonds is 5. The number of aryl methyl sites for hydroxylation is 2. The molecule has 1 heterocycles. The molecule has 23 heavy (non-hydrogen) atoms. The predicted octanol–water partition coefficient (Wildman–Crippen LogP) is 4.14. The SMILES string of the molecule is COC(=O)C=Cc1ccc2[nH]cc(CCc3ccccc3)c2c1. The summed E-state index contributed by atoms with van der Waals surface area (Å²) in [6, 6.07) is 16.6. The van der Waals surface area contributed by atoms with Crippen LogP contribution in [0.1, 0.15) is 16.7 Å². The summed E-state index contributed by atoms with van der Waals surface area (Å²) >= 11 is 0. The topological polar surface area (TPSA) is 42.1 Å². The van der Waals surface area contributed by atoms with Crippen LogP contribution in [0, 0.1) is 0 Å². The van der Waals surface area contributed by atoms with Crippen LogP contribution in [-0.2, 0) is 22.4 Å². The minimum Gasteiger partial charge on any atom is -0.466 e. The molecule has 0 radical (unpaired) electrons. The fourth-order valence-corrected chi connectivity index (χ4v) is 2.66. The van der Waals surface area contributed by atoms with Gasteiger partial charge in [0.15, 0.2) is 0 Å². The molecule has 1 aromatic heterocycles. The normalized spacial score (nSPS) is 11.2. The van der Waals surface area contributed by atoms with Gasteiger partial charge in [-0.25, -0.2) is 4.79 Å². The quantitative estimate of drug-likeness (QED) is 0.568. The molecular weight excluding hydrogens is 286 g/mol. The van der Waals surface area contributed by atoms with E-state index >= 15 is 0 Å². The molecule has 0 aliphatic rings. The van der Waals surface area contributed by atoms with Crippen LogP contribution in [0.25, 0.3) is 17.0 Å². The molecule has 0 bridgehead atoms. The third-order valence-electron chi connectivity index (χ3n) is 3.93. The van der Waals surface area contributed by atoms with Gasteiger partial charge in [0.25, 0.3) is 0 Å². The number of aromatic amines is 1. The fraction of sp³-hybridized carbons (Fsp3) is 0.150. The van der Waals surface area contributed by atoms with Crippen LogP contribution in [0.2, 0.25) is 0 Å². The van der Waals surface area contributed by atoms with E-state index < -0.39 is 0 Å². The van der Waals surface area contributed by atoms with Crippen molar-refractivity contribution in [3.8, 4) is 0 Å². The van der Waals surface area contributed by atoms with Gasteiger partial charge in [-0.2, -0.15) is 0 Å². The minimum absolute atomic E-state index is 0.344. The number of hydrogen-bond acceptors (Lipinski definition) is 2. The molecule has 0 amide bonds. The van der Waals surface area contributed by atoms with Crippen LogP contribution in [0.15, 0.2) is 60.8 Å². The number of methoxy groups -OCH3 is 1. The molecule has 0 saturated carbocycles. The van der Waals surface area contributed by atoms with Gasteiger partial charge in [-0.05, 0) is 47.7 Å². The first-order chi connectivity index (χ1) is 11.3. The summed E-state index contributed by atoms with van der Waals surface area (Å²) in [7, 11) is 1.38. The maximum Gasteiger partial charge on any atom is 0.330 e. The van der Waals surface area contributed by atoms with Crippen molar-refractivity contribution in [2.24, 2.45) is 0 Å². The lowest BCUT2D eigenvalue weighted by Crippen LogP contribution is -1.93. The Morgan fingerprint density at radius 3 is 2.74 bits per heavy atom. The van der Waals surface area contributed by atoms with E-state index in [1.165, 1.54) is 29.7 Å². The van der Waals surface area contributed by atoms with Crippen LogP contribution < -0.4 is 0 Å². The average Bonchev–Trinajstić information content (AvgIpc) is 3.01. The van der Waals surface area contributed by atoms with Gasteiger partial charge in [-0.15, -0.1) is 0 Å². The first-order valence-corrected chi connectivity index (χ1v) is 7.66. The Bertz CT molecular complexity index is 831. The number of aromatic nitrogens is 1. The summed E-state index contributed by atoms with van der Waals surface area (Å²) in [6.45, 7) is 0. The van der Waals surface area contributed by atoms with Crippen molar-refractivity contribution in [2.45, 2.75) is 12.8 Å². The molecule has 1 N–H and O–H groups in total. The summed E-state index contributed by atoms with van der Waals surface area (Å²) in [5, 5.41) is 1.20. The van der Waals surface area contributed by atoms with Crippen molar-refractivity contribution in [3.63, 3.8) is 0 Å². The van der Waals surface area contributed by atoms with Crippen molar-refractivity contribution in [3.05, 3.63) is 77.5 Å². The molecule has 116 valence electrons. The number of ether oxygens (including phenoxy) is 1. The standard InChI is InChI=1S/C20H19NO2/c1-23-20(22)12-9-16-8-11-19-18(13-16)17(14-21-19)10-7-15-5-3-2-4-6-15/h2-6,8-9,11-14,21H,7,10H2,1H3. The number of benzene rings is 2. The van der Waals surface area contributed by atoms with Gasteiger partial charge in [0.1, 0.15) is 0 Å². The van der Waals surface area contributed by atoms with E-state index in [1.807, 2.05) is 18.2 Å². The molecule has 3 heteroatoms. The van der Waals surface area contributed by atoms with Crippen LogP contribution >= 0.6 is 0 Å². The highest BCUT2D eigenvalue weighted by Crippen LogP contribution is 2.22.